The molecule has 130 valence electrons. The van der Waals surface area contributed by atoms with Crippen LogP contribution >= 0.6 is 0 Å². The maximum absolute atomic E-state index is 9.73. The van der Waals surface area contributed by atoms with E-state index in [1.54, 1.807) is 0 Å². The van der Waals surface area contributed by atoms with E-state index in [0.717, 1.165) is 38.3 Å². The summed E-state index contributed by atoms with van der Waals surface area (Å²) in [5.41, 5.74) is 4.38. The SMILES string of the molecule is CC(C)Cc1ccc(CN2CCn3nc(C(O)CO)cc3C2)cc1. The summed E-state index contributed by atoms with van der Waals surface area (Å²) in [5.74, 6) is 0.682. The molecule has 2 N–H and O–H groups in total. The summed E-state index contributed by atoms with van der Waals surface area (Å²) in [6.07, 6.45) is 0.240. The third-order valence-electron chi connectivity index (χ3n) is 4.48. The van der Waals surface area contributed by atoms with Crippen molar-refractivity contribution in [2.75, 3.05) is 13.2 Å². The highest BCUT2D eigenvalue weighted by atomic mass is 16.3. The molecule has 0 amide bonds. The summed E-state index contributed by atoms with van der Waals surface area (Å²) in [6.45, 7) is 7.70. The van der Waals surface area contributed by atoms with E-state index in [2.05, 4.69) is 48.1 Å². The Kier molecular flexibility index (Phi) is 5.33. The van der Waals surface area contributed by atoms with E-state index in [9.17, 15) is 5.11 Å². The van der Waals surface area contributed by atoms with Crippen molar-refractivity contribution in [3.63, 3.8) is 0 Å². The highest BCUT2D eigenvalue weighted by Gasteiger charge is 2.20. The highest BCUT2D eigenvalue weighted by molar-refractivity contribution is 5.23. The molecule has 1 aliphatic rings. The van der Waals surface area contributed by atoms with Gasteiger partial charge >= 0.3 is 0 Å². The Bertz CT molecular complexity index is 664. The van der Waals surface area contributed by atoms with Gasteiger partial charge in [-0.05, 0) is 29.5 Å². The Morgan fingerprint density at radius 3 is 2.50 bits per heavy atom. The number of fused-ring (bicyclic) bond motifs is 1. The molecule has 2 heterocycles. The van der Waals surface area contributed by atoms with Crippen molar-refractivity contribution < 1.29 is 10.2 Å². The molecule has 0 saturated heterocycles. The second-order valence-corrected chi connectivity index (χ2v) is 7.11. The maximum atomic E-state index is 9.73. The van der Waals surface area contributed by atoms with Gasteiger partial charge in [0.2, 0.25) is 0 Å². The Hall–Kier alpha value is -1.69. The molecule has 1 atom stereocenters. The van der Waals surface area contributed by atoms with Crippen LogP contribution in [0.5, 0.6) is 0 Å². The lowest BCUT2D eigenvalue weighted by Gasteiger charge is -2.27. The smallest absolute Gasteiger partial charge is 0.121 e. The lowest BCUT2D eigenvalue weighted by molar-refractivity contribution is 0.0915. The standard InChI is InChI=1S/C19H27N3O2/c1-14(2)9-15-3-5-16(6-4-15)11-21-7-8-22-17(12-21)10-18(20-22)19(24)13-23/h3-6,10,14,19,23-24H,7-9,11-13H2,1-2H3. The zero-order valence-corrected chi connectivity index (χ0v) is 14.5. The van der Waals surface area contributed by atoms with Crippen LogP contribution in [0.4, 0.5) is 0 Å². The summed E-state index contributed by atoms with van der Waals surface area (Å²) in [5, 5.41) is 23.2. The van der Waals surface area contributed by atoms with E-state index in [1.807, 2.05) is 10.7 Å². The molecule has 1 unspecified atom stereocenters. The topological polar surface area (TPSA) is 61.5 Å². The molecule has 5 nitrogen and oxygen atoms in total. The van der Waals surface area contributed by atoms with Crippen LogP contribution in [-0.4, -0.2) is 38.0 Å². The summed E-state index contributed by atoms with van der Waals surface area (Å²) in [7, 11) is 0. The van der Waals surface area contributed by atoms with Crippen LogP contribution in [0.3, 0.4) is 0 Å². The van der Waals surface area contributed by atoms with Gasteiger partial charge in [-0.1, -0.05) is 38.1 Å². The van der Waals surface area contributed by atoms with Crippen LogP contribution in [0.2, 0.25) is 0 Å². The molecule has 0 radical (unpaired) electrons. The number of aliphatic hydroxyl groups excluding tert-OH is 2. The number of aromatic nitrogens is 2. The highest BCUT2D eigenvalue weighted by Crippen LogP contribution is 2.20. The molecule has 24 heavy (non-hydrogen) atoms. The van der Waals surface area contributed by atoms with E-state index >= 15 is 0 Å². The van der Waals surface area contributed by atoms with Gasteiger partial charge in [0.1, 0.15) is 6.10 Å². The zero-order valence-electron chi connectivity index (χ0n) is 14.5. The molecule has 2 aromatic rings. The van der Waals surface area contributed by atoms with Gasteiger partial charge in [-0.3, -0.25) is 9.58 Å². The molecular formula is C19H27N3O2. The predicted octanol–water partition coefficient (Wildman–Crippen LogP) is 2.12. The second-order valence-electron chi connectivity index (χ2n) is 7.11. The van der Waals surface area contributed by atoms with Gasteiger partial charge in [0, 0.05) is 19.6 Å². The van der Waals surface area contributed by atoms with Crippen LogP contribution in [-0.2, 0) is 26.1 Å². The van der Waals surface area contributed by atoms with Crippen molar-refractivity contribution in [1.29, 1.82) is 0 Å². The largest absolute Gasteiger partial charge is 0.393 e. The maximum Gasteiger partial charge on any atom is 0.121 e. The number of benzene rings is 1. The van der Waals surface area contributed by atoms with Crippen LogP contribution < -0.4 is 0 Å². The lowest BCUT2D eigenvalue weighted by Crippen LogP contribution is -2.33. The first-order valence-corrected chi connectivity index (χ1v) is 8.71. The number of aliphatic hydroxyl groups is 2. The minimum absolute atomic E-state index is 0.289. The quantitative estimate of drug-likeness (QED) is 0.852. The van der Waals surface area contributed by atoms with Gasteiger partial charge < -0.3 is 10.2 Å². The third kappa shape index (κ3) is 4.04. The van der Waals surface area contributed by atoms with E-state index in [1.165, 1.54) is 11.1 Å². The molecule has 0 bridgehead atoms. The average Bonchev–Trinajstić information content (AvgIpc) is 2.99. The average molecular weight is 329 g/mol. The molecule has 0 fully saturated rings. The number of hydrogen-bond donors (Lipinski definition) is 2. The summed E-state index contributed by atoms with van der Waals surface area (Å²) in [4.78, 5) is 2.39. The minimum atomic E-state index is -0.884. The Balaban J connectivity index is 1.62. The van der Waals surface area contributed by atoms with Crippen molar-refractivity contribution in [2.24, 2.45) is 5.92 Å². The molecule has 0 spiro atoms. The predicted molar refractivity (Wildman–Crippen MR) is 93.4 cm³/mol. The first-order chi connectivity index (χ1) is 11.5. The molecule has 3 rings (SSSR count). The van der Waals surface area contributed by atoms with Crippen LogP contribution in [0.15, 0.2) is 30.3 Å². The number of rotatable bonds is 6. The zero-order chi connectivity index (χ0) is 17.1. The summed E-state index contributed by atoms with van der Waals surface area (Å²) < 4.78 is 1.94. The van der Waals surface area contributed by atoms with Gasteiger partial charge in [0.25, 0.3) is 0 Å². The molecule has 0 saturated carbocycles. The molecule has 1 aromatic heterocycles. The van der Waals surface area contributed by atoms with E-state index < -0.39 is 6.10 Å². The fourth-order valence-electron chi connectivity index (χ4n) is 3.24. The number of nitrogens with zero attached hydrogens (tertiary/aromatic N) is 3. The van der Waals surface area contributed by atoms with Gasteiger partial charge in [-0.2, -0.15) is 5.10 Å². The Morgan fingerprint density at radius 2 is 1.83 bits per heavy atom. The number of hydrogen-bond acceptors (Lipinski definition) is 4. The van der Waals surface area contributed by atoms with Crippen molar-refractivity contribution >= 4 is 0 Å². The van der Waals surface area contributed by atoms with Gasteiger partial charge in [-0.25, -0.2) is 0 Å². The van der Waals surface area contributed by atoms with Crippen LogP contribution in [0.1, 0.15) is 42.5 Å². The normalized spacial score (nSPS) is 16.4. The van der Waals surface area contributed by atoms with Crippen molar-refractivity contribution in [1.82, 2.24) is 14.7 Å². The fourth-order valence-corrected chi connectivity index (χ4v) is 3.24. The first kappa shape index (κ1) is 17.1. The van der Waals surface area contributed by atoms with E-state index in [4.69, 9.17) is 5.11 Å². The van der Waals surface area contributed by atoms with Crippen molar-refractivity contribution in [2.45, 2.75) is 46.0 Å². The molecule has 5 heteroatoms. The Labute approximate surface area is 143 Å². The van der Waals surface area contributed by atoms with E-state index in [0.29, 0.717) is 11.6 Å². The van der Waals surface area contributed by atoms with Gasteiger partial charge in [-0.15, -0.1) is 0 Å². The van der Waals surface area contributed by atoms with Crippen molar-refractivity contribution in [3.8, 4) is 0 Å². The van der Waals surface area contributed by atoms with Gasteiger partial charge in [0.15, 0.2) is 0 Å². The summed E-state index contributed by atoms with van der Waals surface area (Å²) >= 11 is 0. The monoisotopic (exact) mass is 329 g/mol. The minimum Gasteiger partial charge on any atom is -0.393 e. The van der Waals surface area contributed by atoms with Crippen LogP contribution in [0, 0.1) is 5.92 Å². The van der Waals surface area contributed by atoms with Crippen molar-refractivity contribution in [3.05, 3.63) is 52.8 Å². The third-order valence-corrected chi connectivity index (χ3v) is 4.48. The molecule has 1 aliphatic heterocycles. The first-order valence-electron chi connectivity index (χ1n) is 8.71. The Morgan fingerprint density at radius 1 is 1.12 bits per heavy atom. The molecule has 1 aromatic carbocycles. The van der Waals surface area contributed by atoms with Crippen LogP contribution in [0.25, 0.3) is 0 Å². The second kappa shape index (κ2) is 7.47. The molecular weight excluding hydrogens is 302 g/mol. The molecule has 0 aliphatic carbocycles. The summed E-state index contributed by atoms with van der Waals surface area (Å²) in [6, 6.07) is 10.8. The van der Waals surface area contributed by atoms with E-state index in [-0.39, 0.29) is 6.61 Å². The van der Waals surface area contributed by atoms with Gasteiger partial charge in [0.05, 0.1) is 24.5 Å². The lowest BCUT2D eigenvalue weighted by atomic mass is 10.0. The fraction of sp³-hybridized carbons (Fsp3) is 0.526.